The lowest BCUT2D eigenvalue weighted by molar-refractivity contribution is 0.506. The molecule has 2 rings (SSSR count). The third-order valence-corrected chi connectivity index (χ3v) is 2.85. The molecular weight excluding hydrogens is 234 g/mol. The van der Waals surface area contributed by atoms with Crippen molar-refractivity contribution in [3.63, 3.8) is 0 Å². The highest BCUT2D eigenvalue weighted by Gasteiger charge is 2.15. The number of nitrogens with two attached hydrogens (primary N) is 1. The van der Waals surface area contributed by atoms with Gasteiger partial charge in [0.05, 0.1) is 11.7 Å². The van der Waals surface area contributed by atoms with Crippen LogP contribution in [0.4, 0.5) is 8.78 Å². The Labute approximate surface area is 104 Å². The maximum absolute atomic E-state index is 13.2. The molecule has 18 heavy (non-hydrogen) atoms. The van der Waals surface area contributed by atoms with E-state index in [0.717, 1.165) is 23.3 Å². The van der Waals surface area contributed by atoms with Gasteiger partial charge in [0.25, 0.3) is 0 Å². The Morgan fingerprint density at radius 3 is 2.44 bits per heavy atom. The van der Waals surface area contributed by atoms with E-state index >= 15 is 0 Å². The maximum atomic E-state index is 13.2. The van der Waals surface area contributed by atoms with Crippen molar-refractivity contribution in [3.05, 3.63) is 64.5 Å². The third kappa shape index (κ3) is 2.38. The summed E-state index contributed by atoms with van der Waals surface area (Å²) in [5.41, 5.74) is 9.19. The molecule has 1 heterocycles. The van der Waals surface area contributed by atoms with E-state index in [9.17, 15) is 8.78 Å². The minimum absolute atomic E-state index is 0.508. The predicted octanol–water partition coefficient (Wildman–Crippen LogP) is 3.02. The molecule has 0 bridgehead atoms. The molecule has 1 unspecified atom stereocenters. The molecule has 4 heteroatoms. The summed E-state index contributed by atoms with van der Waals surface area (Å²) in [6, 6.07) is 5.07. The molecule has 0 aliphatic rings. The minimum Gasteiger partial charge on any atom is -0.319 e. The second-order valence-corrected chi connectivity index (χ2v) is 4.37. The van der Waals surface area contributed by atoms with E-state index in [1.807, 2.05) is 19.9 Å². The molecule has 0 aliphatic heterocycles. The topological polar surface area (TPSA) is 38.9 Å². The van der Waals surface area contributed by atoms with Gasteiger partial charge in [-0.15, -0.1) is 0 Å². The Kier molecular flexibility index (Phi) is 3.39. The Balaban J connectivity index is 2.41. The second kappa shape index (κ2) is 4.82. The molecule has 0 saturated carbocycles. The van der Waals surface area contributed by atoms with Crippen LogP contribution in [0.15, 0.2) is 30.5 Å². The smallest absolute Gasteiger partial charge is 0.159 e. The maximum Gasteiger partial charge on any atom is 0.159 e. The number of aromatic nitrogens is 1. The lowest BCUT2D eigenvalue weighted by atomic mass is 10.00. The highest BCUT2D eigenvalue weighted by molar-refractivity contribution is 5.33. The van der Waals surface area contributed by atoms with Crippen molar-refractivity contribution < 1.29 is 8.78 Å². The molecule has 0 radical (unpaired) electrons. The van der Waals surface area contributed by atoms with Crippen LogP contribution in [0.3, 0.4) is 0 Å². The van der Waals surface area contributed by atoms with Crippen LogP contribution in [0.25, 0.3) is 0 Å². The molecule has 1 aromatic carbocycles. The Hall–Kier alpha value is -1.81. The SMILES string of the molecule is Cc1cnc(C(N)c2ccc(F)c(F)c2)c(C)c1. The van der Waals surface area contributed by atoms with E-state index in [2.05, 4.69) is 4.98 Å². The van der Waals surface area contributed by atoms with E-state index < -0.39 is 17.7 Å². The Morgan fingerprint density at radius 1 is 1.11 bits per heavy atom. The van der Waals surface area contributed by atoms with Gasteiger partial charge in [-0.1, -0.05) is 12.1 Å². The number of rotatable bonds is 2. The molecule has 0 fully saturated rings. The van der Waals surface area contributed by atoms with Crippen LogP contribution in [0.5, 0.6) is 0 Å². The van der Waals surface area contributed by atoms with Gasteiger partial charge in [-0.3, -0.25) is 4.98 Å². The van der Waals surface area contributed by atoms with Crippen molar-refractivity contribution in [2.45, 2.75) is 19.9 Å². The molecule has 94 valence electrons. The van der Waals surface area contributed by atoms with Gasteiger partial charge in [0, 0.05) is 6.20 Å². The minimum atomic E-state index is -0.896. The zero-order chi connectivity index (χ0) is 13.3. The summed E-state index contributed by atoms with van der Waals surface area (Å²) in [5.74, 6) is -1.77. The molecule has 0 spiro atoms. The summed E-state index contributed by atoms with van der Waals surface area (Å²) in [5, 5.41) is 0. The number of nitrogens with zero attached hydrogens (tertiary/aromatic N) is 1. The lowest BCUT2D eigenvalue weighted by Gasteiger charge is -2.14. The zero-order valence-electron chi connectivity index (χ0n) is 10.2. The Bertz CT molecular complexity index is 582. The number of pyridine rings is 1. The second-order valence-electron chi connectivity index (χ2n) is 4.37. The third-order valence-electron chi connectivity index (χ3n) is 2.85. The van der Waals surface area contributed by atoms with Gasteiger partial charge in [0.15, 0.2) is 11.6 Å². The molecule has 0 aliphatic carbocycles. The number of halogens is 2. The number of aryl methyl sites for hydroxylation is 2. The van der Waals surface area contributed by atoms with Crippen molar-refractivity contribution in [2.75, 3.05) is 0 Å². The molecule has 2 nitrogen and oxygen atoms in total. The van der Waals surface area contributed by atoms with Gasteiger partial charge in [0.1, 0.15) is 0 Å². The van der Waals surface area contributed by atoms with E-state index in [-0.39, 0.29) is 0 Å². The largest absolute Gasteiger partial charge is 0.319 e. The Morgan fingerprint density at radius 2 is 1.83 bits per heavy atom. The first-order valence-electron chi connectivity index (χ1n) is 5.62. The van der Waals surface area contributed by atoms with Crippen LogP contribution >= 0.6 is 0 Å². The van der Waals surface area contributed by atoms with E-state index in [0.29, 0.717) is 11.3 Å². The highest BCUT2D eigenvalue weighted by Crippen LogP contribution is 2.22. The zero-order valence-corrected chi connectivity index (χ0v) is 10.2. The first kappa shape index (κ1) is 12.6. The van der Waals surface area contributed by atoms with Crippen LogP contribution in [-0.2, 0) is 0 Å². The van der Waals surface area contributed by atoms with Gasteiger partial charge in [0.2, 0.25) is 0 Å². The van der Waals surface area contributed by atoms with Crippen molar-refractivity contribution in [1.82, 2.24) is 4.98 Å². The molecular formula is C14H14F2N2. The molecule has 2 N–H and O–H groups in total. The number of hydrogen-bond donors (Lipinski definition) is 1. The lowest BCUT2D eigenvalue weighted by Crippen LogP contribution is -2.15. The molecule has 1 aromatic heterocycles. The predicted molar refractivity (Wildman–Crippen MR) is 66.1 cm³/mol. The normalized spacial score (nSPS) is 12.5. The van der Waals surface area contributed by atoms with Crippen LogP contribution in [-0.4, -0.2) is 4.98 Å². The highest BCUT2D eigenvalue weighted by atomic mass is 19.2. The quantitative estimate of drug-likeness (QED) is 0.887. The number of benzene rings is 1. The standard InChI is InChI=1S/C14H14F2N2/c1-8-5-9(2)14(18-7-8)13(17)10-3-4-11(15)12(16)6-10/h3-7,13H,17H2,1-2H3. The van der Waals surface area contributed by atoms with Crippen LogP contribution < -0.4 is 5.73 Å². The first-order chi connectivity index (χ1) is 8.49. The summed E-state index contributed by atoms with van der Waals surface area (Å²) < 4.78 is 26.0. The van der Waals surface area contributed by atoms with Crippen LogP contribution in [0.1, 0.15) is 28.4 Å². The van der Waals surface area contributed by atoms with E-state index in [4.69, 9.17) is 5.73 Å². The van der Waals surface area contributed by atoms with Crippen LogP contribution in [0.2, 0.25) is 0 Å². The average Bonchev–Trinajstić information content (AvgIpc) is 2.32. The summed E-state index contributed by atoms with van der Waals surface area (Å²) in [6.45, 7) is 3.84. The van der Waals surface area contributed by atoms with Crippen molar-refractivity contribution in [1.29, 1.82) is 0 Å². The summed E-state index contributed by atoms with van der Waals surface area (Å²) in [7, 11) is 0. The van der Waals surface area contributed by atoms with Crippen molar-refractivity contribution in [2.24, 2.45) is 5.73 Å². The van der Waals surface area contributed by atoms with Gasteiger partial charge in [-0.05, 0) is 42.7 Å². The fourth-order valence-corrected chi connectivity index (χ4v) is 1.92. The van der Waals surface area contributed by atoms with Gasteiger partial charge < -0.3 is 5.73 Å². The molecule has 0 amide bonds. The summed E-state index contributed by atoms with van der Waals surface area (Å²) >= 11 is 0. The van der Waals surface area contributed by atoms with Gasteiger partial charge in [-0.2, -0.15) is 0 Å². The van der Waals surface area contributed by atoms with E-state index in [1.54, 1.807) is 6.20 Å². The van der Waals surface area contributed by atoms with Crippen LogP contribution in [0, 0.1) is 25.5 Å². The van der Waals surface area contributed by atoms with Crippen molar-refractivity contribution in [3.8, 4) is 0 Å². The molecule has 0 saturated heterocycles. The van der Waals surface area contributed by atoms with E-state index in [1.165, 1.54) is 6.07 Å². The molecule has 1 atom stereocenters. The van der Waals surface area contributed by atoms with Gasteiger partial charge in [-0.25, -0.2) is 8.78 Å². The van der Waals surface area contributed by atoms with Crippen molar-refractivity contribution >= 4 is 0 Å². The van der Waals surface area contributed by atoms with Gasteiger partial charge >= 0.3 is 0 Å². The molecule has 2 aromatic rings. The number of hydrogen-bond acceptors (Lipinski definition) is 2. The summed E-state index contributed by atoms with van der Waals surface area (Å²) in [6.07, 6.45) is 1.71. The average molecular weight is 248 g/mol. The monoisotopic (exact) mass is 248 g/mol. The fourth-order valence-electron chi connectivity index (χ4n) is 1.92. The first-order valence-corrected chi connectivity index (χ1v) is 5.62. The summed E-state index contributed by atoms with van der Waals surface area (Å²) in [4.78, 5) is 4.27. The fraction of sp³-hybridized carbons (Fsp3) is 0.214.